The monoisotopic (exact) mass is 311 g/mol. The van der Waals surface area contributed by atoms with Crippen molar-refractivity contribution in [2.45, 2.75) is 6.54 Å². The van der Waals surface area contributed by atoms with E-state index in [1.54, 1.807) is 24.3 Å². The van der Waals surface area contributed by atoms with Crippen LogP contribution in [0.5, 0.6) is 0 Å². The molecule has 2 N–H and O–H groups in total. The summed E-state index contributed by atoms with van der Waals surface area (Å²) in [5.41, 5.74) is 0.0875. The number of rotatable bonds is 3. The minimum absolute atomic E-state index is 0.126. The van der Waals surface area contributed by atoms with E-state index in [1.807, 2.05) is 0 Å². The number of aromatic nitrogens is 4. The first-order chi connectivity index (χ1) is 11.1. The van der Waals surface area contributed by atoms with E-state index in [9.17, 15) is 14.4 Å². The summed E-state index contributed by atoms with van der Waals surface area (Å²) in [6.45, 7) is 0.126. The third-order valence-corrected chi connectivity index (χ3v) is 3.38. The molecule has 0 saturated heterocycles. The van der Waals surface area contributed by atoms with Crippen molar-refractivity contribution < 1.29 is 4.79 Å². The molecule has 23 heavy (non-hydrogen) atoms. The number of hydrogen-bond donors (Lipinski definition) is 2. The Kier molecular flexibility index (Phi) is 3.71. The van der Waals surface area contributed by atoms with Gasteiger partial charge in [-0.3, -0.25) is 14.4 Å². The quantitative estimate of drug-likeness (QED) is 0.704. The van der Waals surface area contributed by atoms with E-state index >= 15 is 0 Å². The number of H-pyrrole nitrogens is 1. The van der Waals surface area contributed by atoms with Crippen molar-refractivity contribution in [2.75, 3.05) is 0 Å². The molecule has 0 fully saturated rings. The Hall–Kier alpha value is -3.29. The molecule has 2 heterocycles. The van der Waals surface area contributed by atoms with Crippen LogP contribution in [-0.4, -0.2) is 25.9 Å². The lowest BCUT2D eigenvalue weighted by Crippen LogP contribution is -2.28. The zero-order valence-electron chi connectivity index (χ0n) is 12.2. The van der Waals surface area contributed by atoms with Gasteiger partial charge in [0.25, 0.3) is 17.0 Å². The van der Waals surface area contributed by atoms with Crippen molar-refractivity contribution in [1.29, 1.82) is 0 Å². The molecule has 0 bridgehead atoms. The zero-order chi connectivity index (χ0) is 16.4. The van der Waals surface area contributed by atoms with E-state index in [4.69, 9.17) is 0 Å². The molecule has 116 valence electrons. The highest BCUT2D eigenvalue weighted by atomic mass is 16.2. The number of fused-ring (bicyclic) bond motifs is 1. The van der Waals surface area contributed by atoms with Crippen LogP contribution in [0, 0.1) is 0 Å². The average molecular weight is 311 g/mol. The number of carbonyl (C=O) groups excluding carboxylic acids is 1. The maximum atomic E-state index is 12.1. The Morgan fingerprint density at radius 3 is 2.65 bits per heavy atom. The van der Waals surface area contributed by atoms with Crippen molar-refractivity contribution in [1.82, 2.24) is 25.3 Å². The van der Waals surface area contributed by atoms with Crippen LogP contribution in [0.1, 0.15) is 16.2 Å². The predicted octanol–water partition coefficient (Wildman–Crippen LogP) is -0.0532. The lowest BCUT2D eigenvalue weighted by molar-refractivity contribution is 0.0943. The molecule has 1 aromatic carbocycles. The summed E-state index contributed by atoms with van der Waals surface area (Å²) in [6, 6.07) is 9.64. The molecule has 0 atom stereocenters. The second-order valence-electron chi connectivity index (χ2n) is 4.91. The van der Waals surface area contributed by atoms with Gasteiger partial charge in [0.2, 0.25) is 0 Å². The van der Waals surface area contributed by atoms with Gasteiger partial charge in [-0.25, -0.2) is 9.78 Å². The number of nitrogens with one attached hydrogen (secondary N) is 2. The van der Waals surface area contributed by atoms with Crippen molar-refractivity contribution in [3.63, 3.8) is 0 Å². The van der Waals surface area contributed by atoms with Crippen LogP contribution < -0.4 is 16.4 Å². The van der Waals surface area contributed by atoms with Crippen molar-refractivity contribution in [2.24, 2.45) is 7.05 Å². The average Bonchev–Trinajstić information content (AvgIpc) is 2.57. The summed E-state index contributed by atoms with van der Waals surface area (Å²) < 4.78 is 1.09. The number of amides is 1. The van der Waals surface area contributed by atoms with E-state index in [1.165, 1.54) is 19.2 Å². The smallest absolute Gasteiger partial charge is 0.272 e. The molecule has 3 rings (SSSR count). The maximum absolute atomic E-state index is 12.1. The first-order valence-electron chi connectivity index (χ1n) is 6.85. The van der Waals surface area contributed by atoms with Gasteiger partial charge in [0.05, 0.1) is 17.6 Å². The molecular formula is C15H13N5O3. The van der Waals surface area contributed by atoms with Crippen LogP contribution in [0.3, 0.4) is 0 Å². The molecule has 8 heteroatoms. The van der Waals surface area contributed by atoms with Crippen LogP contribution in [0.4, 0.5) is 0 Å². The standard InChI is InChI=1S/C15H13N5O3/c1-20-13(21)7-6-11(19-20)15(23)16-8-12-9-4-2-3-5-10(9)14(22)18-17-12/h2-7H,8H2,1H3,(H,16,23)(H,18,22). The minimum Gasteiger partial charge on any atom is -0.345 e. The molecule has 3 aromatic rings. The molecule has 0 radical (unpaired) electrons. The molecule has 2 aromatic heterocycles. The van der Waals surface area contributed by atoms with Crippen molar-refractivity contribution in [3.05, 3.63) is 68.5 Å². The van der Waals surface area contributed by atoms with Crippen LogP contribution in [-0.2, 0) is 13.6 Å². The fraction of sp³-hybridized carbons (Fsp3) is 0.133. The van der Waals surface area contributed by atoms with Gasteiger partial charge in [-0.2, -0.15) is 10.2 Å². The number of aryl methyl sites for hydroxylation is 1. The Morgan fingerprint density at radius 1 is 1.17 bits per heavy atom. The predicted molar refractivity (Wildman–Crippen MR) is 83.0 cm³/mol. The van der Waals surface area contributed by atoms with Crippen molar-refractivity contribution in [3.8, 4) is 0 Å². The van der Waals surface area contributed by atoms with Gasteiger partial charge in [-0.05, 0) is 12.1 Å². The van der Waals surface area contributed by atoms with Gasteiger partial charge in [-0.1, -0.05) is 18.2 Å². The Bertz CT molecular complexity index is 1010. The zero-order valence-corrected chi connectivity index (χ0v) is 12.2. The molecular weight excluding hydrogens is 298 g/mol. The highest BCUT2D eigenvalue weighted by molar-refractivity contribution is 5.92. The van der Waals surface area contributed by atoms with Crippen LogP contribution >= 0.6 is 0 Å². The SMILES string of the molecule is Cn1nc(C(=O)NCc2n[nH]c(=O)c3ccccc23)ccc1=O. The van der Waals surface area contributed by atoms with E-state index < -0.39 is 5.91 Å². The summed E-state index contributed by atoms with van der Waals surface area (Å²) in [4.78, 5) is 35.1. The minimum atomic E-state index is -0.433. The largest absolute Gasteiger partial charge is 0.345 e. The van der Waals surface area contributed by atoms with E-state index in [0.717, 1.165) is 4.68 Å². The van der Waals surface area contributed by atoms with E-state index in [0.29, 0.717) is 16.5 Å². The highest BCUT2D eigenvalue weighted by Gasteiger charge is 2.11. The summed E-state index contributed by atoms with van der Waals surface area (Å²) in [6.07, 6.45) is 0. The third-order valence-electron chi connectivity index (χ3n) is 3.38. The molecule has 0 aliphatic heterocycles. The van der Waals surface area contributed by atoms with E-state index in [2.05, 4.69) is 20.6 Å². The number of aromatic amines is 1. The molecule has 0 unspecified atom stereocenters. The molecule has 0 aliphatic rings. The van der Waals surface area contributed by atoms with Gasteiger partial charge in [0.1, 0.15) is 5.69 Å². The van der Waals surface area contributed by atoms with Crippen LogP contribution in [0.25, 0.3) is 10.8 Å². The number of benzene rings is 1. The van der Waals surface area contributed by atoms with Gasteiger partial charge in [-0.15, -0.1) is 0 Å². The number of nitrogens with zero attached hydrogens (tertiary/aromatic N) is 3. The summed E-state index contributed by atoms with van der Waals surface area (Å²) in [5, 5.41) is 14.1. The Morgan fingerprint density at radius 2 is 1.91 bits per heavy atom. The summed E-state index contributed by atoms with van der Waals surface area (Å²) in [7, 11) is 1.47. The molecule has 1 amide bonds. The first kappa shape index (κ1) is 14.6. The van der Waals surface area contributed by atoms with Gasteiger partial charge < -0.3 is 5.32 Å². The van der Waals surface area contributed by atoms with Crippen molar-refractivity contribution >= 4 is 16.7 Å². The van der Waals surface area contributed by atoms with Gasteiger partial charge in [0.15, 0.2) is 0 Å². The van der Waals surface area contributed by atoms with Gasteiger partial charge in [0, 0.05) is 18.5 Å². The fourth-order valence-electron chi connectivity index (χ4n) is 2.18. The normalized spacial score (nSPS) is 10.7. The lowest BCUT2D eigenvalue weighted by Gasteiger charge is -2.07. The Labute approximate surface area is 129 Å². The molecule has 0 saturated carbocycles. The number of hydrogen-bond acceptors (Lipinski definition) is 5. The maximum Gasteiger partial charge on any atom is 0.272 e. The Balaban J connectivity index is 1.85. The van der Waals surface area contributed by atoms with Gasteiger partial charge >= 0.3 is 0 Å². The highest BCUT2D eigenvalue weighted by Crippen LogP contribution is 2.11. The second-order valence-corrected chi connectivity index (χ2v) is 4.91. The fourth-order valence-corrected chi connectivity index (χ4v) is 2.18. The van der Waals surface area contributed by atoms with E-state index in [-0.39, 0.29) is 23.4 Å². The number of carbonyl (C=O) groups is 1. The molecule has 0 aliphatic carbocycles. The molecule has 0 spiro atoms. The summed E-state index contributed by atoms with van der Waals surface area (Å²) >= 11 is 0. The van der Waals surface area contributed by atoms with Crippen LogP contribution in [0.15, 0.2) is 46.0 Å². The third kappa shape index (κ3) is 2.86. The topological polar surface area (TPSA) is 110 Å². The second kappa shape index (κ2) is 5.84. The lowest BCUT2D eigenvalue weighted by atomic mass is 10.1. The summed E-state index contributed by atoms with van der Waals surface area (Å²) in [5.74, 6) is -0.433. The molecule has 8 nitrogen and oxygen atoms in total. The van der Waals surface area contributed by atoms with Crippen LogP contribution in [0.2, 0.25) is 0 Å². The first-order valence-corrected chi connectivity index (χ1v) is 6.85.